The van der Waals surface area contributed by atoms with E-state index in [1.807, 2.05) is 18.2 Å². The van der Waals surface area contributed by atoms with Crippen molar-refractivity contribution in [3.05, 3.63) is 77.4 Å². The van der Waals surface area contributed by atoms with Crippen molar-refractivity contribution >= 4 is 58.1 Å². The van der Waals surface area contributed by atoms with Crippen LogP contribution in [0.5, 0.6) is 11.5 Å². The molecule has 1 heterocycles. The molecule has 1 aromatic heterocycles. The van der Waals surface area contributed by atoms with Crippen molar-refractivity contribution in [3.63, 3.8) is 0 Å². The van der Waals surface area contributed by atoms with Gasteiger partial charge in [0.2, 0.25) is 0 Å². The first-order valence-electron chi connectivity index (χ1n) is 10.1. The molecule has 4 aromatic rings. The fourth-order valence-corrected chi connectivity index (χ4v) is 3.55. The number of anilines is 3. The lowest BCUT2D eigenvalue weighted by Crippen LogP contribution is -2.08. The molecule has 34 heavy (non-hydrogen) atoms. The number of ether oxygens (including phenoxy) is 1. The molecule has 6 nitrogen and oxygen atoms in total. The summed E-state index contributed by atoms with van der Waals surface area (Å²) in [7, 11) is 0. The zero-order valence-corrected chi connectivity index (χ0v) is 19.5. The van der Waals surface area contributed by atoms with Crippen LogP contribution in [0.1, 0.15) is 12.5 Å². The number of pyridine rings is 1. The number of benzene rings is 3. The van der Waals surface area contributed by atoms with Crippen LogP contribution in [0.2, 0.25) is 5.02 Å². The quantitative estimate of drug-likeness (QED) is 0.221. The van der Waals surface area contributed by atoms with E-state index in [-0.39, 0.29) is 0 Å². The first-order valence-corrected chi connectivity index (χ1v) is 10.9. The Morgan fingerprint density at radius 2 is 1.97 bits per heavy atom. The molecule has 0 saturated carbocycles. The molecule has 2 N–H and O–H groups in total. The molecule has 0 saturated heterocycles. The summed E-state index contributed by atoms with van der Waals surface area (Å²) in [6, 6.07) is 19.9. The number of aromatic nitrogens is 1. The summed E-state index contributed by atoms with van der Waals surface area (Å²) < 4.78 is 6.05. The maximum atomic E-state index is 11.9. The van der Waals surface area contributed by atoms with E-state index < -0.39 is 5.91 Å². The highest BCUT2D eigenvalue weighted by Crippen LogP contribution is 2.37. The molecule has 0 bridgehead atoms. The highest BCUT2D eigenvalue weighted by Gasteiger charge is 2.14. The first kappa shape index (κ1) is 23.0. The maximum Gasteiger partial charge on any atom is 0.300 e. The van der Waals surface area contributed by atoms with Gasteiger partial charge in [0.25, 0.3) is 5.91 Å². The molecule has 166 valence electrons. The Kier molecular flexibility index (Phi) is 6.89. The molecule has 0 unspecified atom stereocenters. The van der Waals surface area contributed by atoms with Gasteiger partial charge in [0.1, 0.15) is 11.8 Å². The number of para-hydroxylation sites is 2. The van der Waals surface area contributed by atoms with Crippen molar-refractivity contribution in [2.75, 3.05) is 10.6 Å². The topological polar surface area (TPSA) is 87.0 Å². The van der Waals surface area contributed by atoms with Gasteiger partial charge in [0.15, 0.2) is 5.75 Å². The van der Waals surface area contributed by atoms with Gasteiger partial charge in [-0.1, -0.05) is 29.7 Å². The Labute approximate surface area is 206 Å². The molecule has 3 aromatic carbocycles. The lowest BCUT2D eigenvalue weighted by atomic mass is 10.1. The number of nitrogens with one attached hydrogen (secondary N) is 2. The third kappa shape index (κ3) is 5.07. The molecule has 0 radical (unpaired) electrons. The number of hydrogen-bond acceptors (Lipinski definition) is 6. The molecule has 8 heteroatoms. The second-order valence-electron chi connectivity index (χ2n) is 7.06. The Bertz CT molecular complexity index is 1520. The van der Waals surface area contributed by atoms with Gasteiger partial charge < -0.3 is 15.4 Å². The Hall–Kier alpha value is -4.17. The van der Waals surface area contributed by atoms with Crippen LogP contribution >= 0.6 is 24.2 Å². The second-order valence-corrected chi connectivity index (χ2v) is 7.95. The molecule has 0 spiro atoms. The number of fused-ring (bicyclic) bond motifs is 1. The van der Waals surface area contributed by atoms with Gasteiger partial charge in [-0.15, -0.1) is 12.6 Å². The van der Waals surface area contributed by atoms with Crippen LogP contribution in [0.4, 0.5) is 17.1 Å². The van der Waals surface area contributed by atoms with Gasteiger partial charge in [0, 0.05) is 28.2 Å². The van der Waals surface area contributed by atoms with Crippen molar-refractivity contribution in [3.8, 4) is 29.4 Å². The average molecular weight is 485 g/mol. The molecule has 0 aliphatic heterocycles. The van der Waals surface area contributed by atoms with E-state index in [1.165, 1.54) is 6.20 Å². The summed E-state index contributed by atoms with van der Waals surface area (Å²) in [6.07, 6.45) is 1.50. The monoisotopic (exact) mass is 484 g/mol. The van der Waals surface area contributed by atoms with Gasteiger partial charge in [-0.2, -0.15) is 5.26 Å². The van der Waals surface area contributed by atoms with Crippen molar-refractivity contribution in [1.82, 2.24) is 4.98 Å². The predicted molar refractivity (Wildman–Crippen MR) is 137 cm³/mol. The van der Waals surface area contributed by atoms with Crippen LogP contribution in [0.25, 0.3) is 10.9 Å². The number of thiol groups is 1. The summed E-state index contributed by atoms with van der Waals surface area (Å²) in [6.45, 7) is 1.59. The molecule has 0 aliphatic carbocycles. The molecular weight excluding hydrogens is 468 g/mol. The smallest absolute Gasteiger partial charge is 0.300 e. The number of nitrogens with zero attached hydrogens (tertiary/aromatic N) is 2. The van der Waals surface area contributed by atoms with E-state index in [2.05, 4.69) is 46.2 Å². The van der Waals surface area contributed by atoms with E-state index in [0.29, 0.717) is 54.9 Å². The Morgan fingerprint density at radius 3 is 2.74 bits per heavy atom. The Balaban J connectivity index is 1.75. The van der Waals surface area contributed by atoms with Crippen molar-refractivity contribution in [1.29, 1.82) is 5.26 Å². The highest BCUT2D eigenvalue weighted by molar-refractivity contribution is 7.80. The lowest BCUT2D eigenvalue weighted by Gasteiger charge is -2.16. The summed E-state index contributed by atoms with van der Waals surface area (Å²) in [4.78, 5) is 16.9. The van der Waals surface area contributed by atoms with Gasteiger partial charge in [-0.3, -0.25) is 9.78 Å². The van der Waals surface area contributed by atoms with Crippen molar-refractivity contribution < 1.29 is 9.53 Å². The number of hydrogen-bond donors (Lipinski definition) is 3. The van der Waals surface area contributed by atoms with E-state index in [4.69, 9.17) is 16.3 Å². The van der Waals surface area contributed by atoms with Gasteiger partial charge in [-0.05, 0) is 55.3 Å². The largest absolute Gasteiger partial charge is 0.455 e. The number of nitriles is 1. The van der Waals surface area contributed by atoms with Crippen LogP contribution in [0.3, 0.4) is 0 Å². The SMILES string of the molecule is CC#CC(=O)Nc1ccc2ncc(C#N)c(Nc3ccccc3Oc3ccc(S)c(Cl)c3)c2c1. The van der Waals surface area contributed by atoms with E-state index in [0.717, 1.165) is 0 Å². The molecular formula is C26H17ClN4O2S. The zero-order valence-electron chi connectivity index (χ0n) is 17.9. The minimum absolute atomic E-state index is 0.335. The maximum absolute atomic E-state index is 11.9. The third-order valence-electron chi connectivity index (χ3n) is 4.78. The summed E-state index contributed by atoms with van der Waals surface area (Å²) in [5.74, 6) is 5.65. The van der Waals surface area contributed by atoms with E-state index >= 15 is 0 Å². The molecule has 0 atom stereocenters. The van der Waals surface area contributed by atoms with E-state index in [1.54, 1.807) is 49.4 Å². The van der Waals surface area contributed by atoms with Gasteiger partial charge in [0.05, 0.1) is 27.5 Å². The van der Waals surface area contributed by atoms with Crippen LogP contribution in [-0.2, 0) is 4.79 Å². The normalized spacial score (nSPS) is 10.1. The van der Waals surface area contributed by atoms with Crippen LogP contribution < -0.4 is 15.4 Å². The van der Waals surface area contributed by atoms with E-state index in [9.17, 15) is 10.1 Å². The standard InChI is InChI=1S/C26H17ClN4O2S/c1-2-5-25(32)30-17-8-10-21-19(12-17)26(16(14-28)15-29-21)31-22-6-3-4-7-23(22)33-18-9-11-24(34)20(27)13-18/h3-4,6-13,15,34H,1H3,(H,29,31)(H,30,32). The number of carbonyl (C=O) groups is 1. The fraction of sp³-hybridized carbons (Fsp3) is 0.0385. The number of rotatable bonds is 5. The van der Waals surface area contributed by atoms with Crippen LogP contribution in [-0.4, -0.2) is 10.9 Å². The molecule has 4 rings (SSSR count). The Morgan fingerprint density at radius 1 is 1.15 bits per heavy atom. The number of amides is 1. The third-order valence-corrected chi connectivity index (χ3v) is 5.61. The van der Waals surface area contributed by atoms with Crippen LogP contribution in [0, 0.1) is 23.2 Å². The van der Waals surface area contributed by atoms with Gasteiger partial charge >= 0.3 is 0 Å². The minimum atomic E-state index is -0.426. The predicted octanol–water partition coefficient (Wildman–Crippen LogP) is 6.55. The minimum Gasteiger partial charge on any atom is -0.455 e. The number of halogens is 1. The summed E-state index contributed by atoms with van der Waals surface area (Å²) in [5, 5.41) is 16.9. The first-order chi connectivity index (χ1) is 16.5. The van der Waals surface area contributed by atoms with Gasteiger partial charge in [-0.25, -0.2) is 0 Å². The summed E-state index contributed by atoms with van der Waals surface area (Å²) in [5.41, 5.74) is 2.68. The molecule has 0 fully saturated rings. The zero-order chi connectivity index (χ0) is 24.1. The fourth-order valence-electron chi connectivity index (χ4n) is 3.24. The van der Waals surface area contributed by atoms with Crippen molar-refractivity contribution in [2.24, 2.45) is 0 Å². The highest BCUT2D eigenvalue weighted by atomic mass is 35.5. The lowest BCUT2D eigenvalue weighted by molar-refractivity contribution is -0.111. The van der Waals surface area contributed by atoms with Crippen molar-refractivity contribution in [2.45, 2.75) is 11.8 Å². The van der Waals surface area contributed by atoms with Crippen LogP contribution in [0.15, 0.2) is 71.8 Å². The summed E-state index contributed by atoms with van der Waals surface area (Å²) >= 11 is 10.5. The number of carbonyl (C=O) groups excluding carboxylic acids is 1. The average Bonchev–Trinajstić information content (AvgIpc) is 2.83. The molecule has 0 aliphatic rings. The molecule has 1 amide bonds. The second kappa shape index (κ2) is 10.2.